The minimum absolute atomic E-state index is 0.0608. The summed E-state index contributed by atoms with van der Waals surface area (Å²) in [5.41, 5.74) is 0.753. The molecular formula is C13H14N4O3. The molecule has 2 heterocycles. The normalized spacial score (nSPS) is 10.1. The Kier molecular flexibility index (Phi) is 4.43. The third kappa shape index (κ3) is 3.19. The smallest absolute Gasteiger partial charge is 0.311 e. The predicted octanol–water partition coefficient (Wildman–Crippen LogP) is 2.40. The van der Waals surface area contributed by atoms with Crippen molar-refractivity contribution in [3.8, 4) is 5.88 Å². The molecule has 1 N–H and O–H groups in total. The Hall–Kier alpha value is -2.70. The lowest BCUT2D eigenvalue weighted by atomic mass is 10.2. The molecule has 0 atom stereocenters. The van der Waals surface area contributed by atoms with Gasteiger partial charge in [0, 0.05) is 30.6 Å². The molecule has 0 radical (unpaired) electrons. The van der Waals surface area contributed by atoms with Gasteiger partial charge in [-0.15, -0.1) is 0 Å². The maximum absolute atomic E-state index is 10.9. The molecule has 0 aromatic carbocycles. The second-order valence-electron chi connectivity index (χ2n) is 3.88. The molecule has 7 nitrogen and oxygen atoms in total. The van der Waals surface area contributed by atoms with Crippen molar-refractivity contribution in [2.75, 3.05) is 11.9 Å². The minimum Gasteiger partial charge on any atom is -0.478 e. The molecule has 0 bridgehead atoms. The minimum atomic E-state index is -0.470. The zero-order valence-electron chi connectivity index (χ0n) is 10.9. The Morgan fingerprint density at radius 3 is 2.80 bits per heavy atom. The molecule has 0 unspecified atom stereocenters. The number of ether oxygens (including phenoxy) is 1. The first-order chi connectivity index (χ1) is 9.72. The summed E-state index contributed by atoms with van der Waals surface area (Å²) in [7, 11) is 0. The van der Waals surface area contributed by atoms with Crippen molar-refractivity contribution in [1.29, 1.82) is 0 Å². The summed E-state index contributed by atoms with van der Waals surface area (Å²) >= 11 is 0. The van der Waals surface area contributed by atoms with Crippen LogP contribution in [0.3, 0.4) is 0 Å². The molecule has 104 valence electrons. The van der Waals surface area contributed by atoms with Crippen LogP contribution in [0.1, 0.15) is 12.5 Å². The summed E-state index contributed by atoms with van der Waals surface area (Å²) in [5.74, 6) is 0.741. The number of nitrogens with zero attached hydrogens (tertiary/aromatic N) is 3. The second-order valence-corrected chi connectivity index (χ2v) is 3.88. The lowest BCUT2D eigenvalue weighted by molar-refractivity contribution is -0.384. The number of nitrogens with one attached hydrogen (secondary N) is 1. The average Bonchev–Trinajstić information content (AvgIpc) is 2.47. The summed E-state index contributed by atoms with van der Waals surface area (Å²) in [4.78, 5) is 18.5. The molecule has 2 aromatic heterocycles. The first-order valence-corrected chi connectivity index (χ1v) is 6.12. The van der Waals surface area contributed by atoms with Crippen molar-refractivity contribution in [1.82, 2.24) is 9.97 Å². The molecule has 0 aliphatic carbocycles. The van der Waals surface area contributed by atoms with Gasteiger partial charge >= 0.3 is 5.69 Å². The molecule has 0 saturated carbocycles. The van der Waals surface area contributed by atoms with Gasteiger partial charge in [0.1, 0.15) is 0 Å². The average molecular weight is 274 g/mol. The largest absolute Gasteiger partial charge is 0.478 e. The van der Waals surface area contributed by atoms with Gasteiger partial charge < -0.3 is 10.1 Å². The van der Waals surface area contributed by atoms with Crippen LogP contribution in [-0.2, 0) is 6.54 Å². The zero-order valence-corrected chi connectivity index (χ0v) is 10.9. The van der Waals surface area contributed by atoms with Gasteiger partial charge in [-0.2, -0.15) is 0 Å². The number of pyridine rings is 2. The first kappa shape index (κ1) is 13.7. The van der Waals surface area contributed by atoms with Crippen molar-refractivity contribution >= 4 is 11.5 Å². The van der Waals surface area contributed by atoms with Crippen LogP contribution in [0.2, 0.25) is 0 Å². The van der Waals surface area contributed by atoms with E-state index in [0.29, 0.717) is 19.0 Å². The molecule has 0 aliphatic heterocycles. The van der Waals surface area contributed by atoms with E-state index >= 15 is 0 Å². The quantitative estimate of drug-likeness (QED) is 0.642. The van der Waals surface area contributed by atoms with Gasteiger partial charge in [0.25, 0.3) is 0 Å². The van der Waals surface area contributed by atoms with Gasteiger partial charge in [-0.25, -0.2) is 9.97 Å². The van der Waals surface area contributed by atoms with Crippen LogP contribution in [0.5, 0.6) is 5.88 Å². The standard InChI is InChI=1S/C13H14N4O3/c1-2-20-13-10(5-3-8-15-13)9-16-12-11(17(18)19)6-4-7-14-12/h3-8H,2,9H2,1H3,(H,14,16). The summed E-state index contributed by atoms with van der Waals surface area (Å²) in [6, 6.07) is 6.56. The lowest BCUT2D eigenvalue weighted by Gasteiger charge is -2.10. The van der Waals surface area contributed by atoms with E-state index in [-0.39, 0.29) is 11.5 Å². The highest BCUT2D eigenvalue weighted by atomic mass is 16.6. The molecule has 0 saturated heterocycles. The lowest BCUT2D eigenvalue weighted by Crippen LogP contribution is -2.07. The third-order valence-electron chi connectivity index (χ3n) is 2.56. The molecule has 7 heteroatoms. The number of hydrogen-bond donors (Lipinski definition) is 1. The second kappa shape index (κ2) is 6.46. The van der Waals surface area contributed by atoms with Crippen molar-refractivity contribution in [3.05, 3.63) is 52.3 Å². The van der Waals surface area contributed by atoms with E-state index in [1.54, 1.807) is 12.3 Å². The Bertz CT molecular complexity index is 604. The van der Waals surface area contributed by atoms with E-state index < -0.39 is 4.92 Å². The first-order valence-electron chi connectivity index (χ1n) is 6.12. The maximum Gasteiger partial charge on any atom is 0.311 e. The van der Waals surface area contributed by atoms with E-state index in [2.05, 4.69) is 15.3 Å². The molecule has 0 fully saturated rings. The summed E-state index contributed by atoms with van der Waals surface area (Å²) < 4.78 is 5.40. The molecule has 20 heavy (non-hydrogen) atoms. The number of nitro groups is 1. The summed E-state index contributed by atoms with van der Waals surface area (Å²) in [6.07, 6.45) is 3.14. The Morgan fingerprint density at radius 1 is 1.30 bits per heavy atom. The fourth-order valence-corrected chi connectivity index (χ4v) is 1.68. The highest BCUT2D eigenvalue weighted by Crippen LogP contribution is 2.22. The molecule has 2 aromatic rings. The van der Waals surface area contributed by atoms with Gasteiger partial charge in [0.15, 0.2) is 0 Å². The van der Waals surface area contributed by atoms with Crippen molar-refractivity contribution in [2.24, 2.45) is 0 Å². The monoisotopic (exact) mass is 274 g/mol. The van der Waals surface area contributed by atoms with Crippen LogP contribution in [0, 0.1) is 10.1 Å². The SMILES string of the molecule is CCOc1ncccc1CNc1ncccc1[N+](=O)[O-]. The van der Waals surface area contributed by atoms with Crippen LogP contribution in [0.15, 0.2) is 36.7 Å². The van der Waals surface area contributed by atoms with E-state index in [1.165, 1.54) is 18.3 Å². The molecule has 2 rings (SSSR count). The summed E-state index contributed by atoms with van der Waals surface area (Å²) in [6.45, 7) is 2.73. The maximum atomic E-state index is 10.9. The van der Waals surface area contributed by atoms with E-state index in [9.17, 15) is 10.1 Å². The highest BCUT2D eigenvalue weighted by Gasteiger charge is 2.14. The third-order valence-corrected chi connectivity index (χ3v) is 2.56. The van der Waals surface area contributed by atoms with Gasteiger partial charge in [-0.05, 0) is 19.1 Å². The van der Waals surface area contributed by atoms with Crippen LogP contribution >= 0.6 is 0 Å². The molecular weight excluding hydrogens is 260 g/mol. The number of hydrogen-bond acceptors (Lipinski definition) is 6. The predicted molar refractivity (Wildman–Crippen MR) is 73.6 cm³/mol. The highest BCUT2D eigenvalue weighted by molar-refractivity contribution is 5.55. The molecule has 0 spiro atoms. The Balaban J connectivity index is 2.15. The van der Waals surface area contributed by atoms with Gasteiger partial charge in [-0.3, -0.25) is 10.1 Å². The van der Waals surface area contributed by atoms with Crippen LogP contribution in [-0.4, -0.2) is 21.5 Å². The summed E-state index contributed by atoms with van der Waals surface area (Å²) in [5, 5.41) is 13.8. The van der Waals surface area contributed by atoms with Crippen molar-refractivity contribution < 1.29 is 9.66 Å². The van der Waals surface area contributed by atoms with Gasteiger partial charge in [-0.1, -0.05) is 6.07 Å². The molecule has 0 aliphatic rings. The Labute approximate surface area is 115 Å². The van der Waals surface area contributed by atoms with Crippen LogP contribution < -0.4 is 10.1 Å². The molecule has 0 amide bonds. The Morgan fingerprint density at radius 2 is 2.05 bits per heavy atom. The van der Waals surface area contributed by atoms with E-state index in [0.717, 1.165) is 5.56 Å². The van der Waals surface area contributed by atoms with Gasteiger partial charge in [0.2, 0.25) is 11.7 Å². The van der Waals surface area contributed by atoms with E-state index in [4.69, 9.17) is 4.74 Å². The van der Waals surface area contributed by atoms with Crippen molar-refractivity contribution in [2.45, 2.75) is 13.5 Å². The topological polar surface area (TPSA) is 90.2 Å². The van der Waals surface area contributed by atoms with E-state index in [1.807, 2.05) is 13.0 Å². The number of anilines is 1. The zero-order chi connectivity index (χ0) is 14.4. The van der Waals surface area contributed by atoms with Crippen molar-refractivity contribution in [3.63, 3.8) is 0 Å². The van der Waals surface area contributed by atoms with Crippen LogP contribution in [0.25, 0.3) is 0 Å². The fraction of sp³-hybridized carbons (Fsp3) is 0.231. The number of rotatable bonds is 6. The number of aromatic nitrogens is 2. The fourth-order valence-electron chi connectivity index (χ4n) is 1.68. The van der Waals surface area contributed by atoms with Crippen LogP contribution in [0.4, 0.5) is 11.5 Å². The van der Waals surface area contributed by atoms with Gasteiger partial charge in [0.05, 0.1) is 11.5 Å².